The van der Waals surface area contributed by atoms with Gasteiger partial charge in [-0.15, -0.1) is 0 Å². The summed E-state index contributed by atoms with van der Waals surface area (Å²) >= 11 is 0.658. The maximum atomic E-state index is 13.7. The van der Waals surface area contributed by atoms with Crippen LogP contribution < -0.4 is 11.3 Å². The summed E-state index contributed by atoms with van der Waals surface area (Å²) in [7, 11) is 0. The van der Waals surface area contributed by atoms with E-state index in [1.54, 1.807) is 0 Å². The largest absolute Gasteiger partial charge is 0.399 e. The Labute approximate surface area is 118 Å². The zero-order chi connectivity index (χ0) is 14.9. The van der Waals surface area contributed by atoms with E-state index in [1.165, 1.54) is 17.0 Å². The summed E-state index contributed by atoms with van der Waals surface area (Å²) in [4.78, 5) is 15.7. The van der Waals surface area contributed by atoms with Crippen LogP contribution in [0.3, 0.4) is 0 Å². The minimum atomic E-state index is -0.811. The number of halogens is 2. The van der Waals surface area contributed by atoms with Crippen molar-refractivity contribution in [2.45, 2.75) is 29.8 Å². The van der Waals surface area contributed by atoms with E-state index in [2.05, 4.69) is 4.98 Å². The quantitative estimate of drug-likeness (QED) is 0.885. The van der Waals surface area contributed by atoms with Crippen molar-refractivity contribution in [3.8, 4) is 0 Å². The molecule has 1 aromatic heterocycles. The lowest BCUT2D eigenvalue weighted by atomic mass is 10.3. The summed E-state index contributed by atoms with van der Waals surface area (Å²) in [6, 6.07) is 1.95. The number of nitrogens with zero attached hydrogens (tertiary/aromatic N) is 2. The molecule has 7 heteroatoms. The van der Waals surface area contributed by atoms with Gasteiger partial charge in [0.25, 0.3) is 5.56 Å². The predicted molar refractivity (Wildman–Crippen MR) is 73.8 cm³/mol. The van der Waals surface area contributed by atoms with E-state index in [4.69, 9.17) is 5.73 Å². The summed E-state index contributed by atoms with van der Waals surface area (Å²) in [5, 5.41) is 0.0174. The van der Waals surface area contributed by atoms with Crippen LogP contribution >= 0.6 is 11.8 Å². The lowest BCUT2D eigenvalue weighted by Gasteiger charge is -2.11. The Morgan fingerprint density at radius 3 is 2.45 bits per heavy atom. The van der Waals surface area contributed by atoms with Crippen LogP contribution in [0.4, 0.5) is 14.5 Å². The first-order valence-corrected chi connectivity index (χ1v) is 6.71. The van der Waals surface area contributed by atoms with Crippen molar-refractivity contribution in [1.29, 1.82) is 0 Å². The Bertz CT molecular complexity index is 677. The third kappa shape index (κ3) is 2.82. The van der Waals surface area contributed by atoms with Crippen molar-refractivity contribution in [1.82, 2.24) is 9.55 Å². The molecule has 0 bridgehead atoms. The van der Waals surface area contributed by atoms with Gasteiger partial charge in [-0.2, -0.15) is 0 Å². The van der Waals surface area contributed by atoms with Gasteiger partial charge in [0.2, 0.25) is 0 Å². The smallest absolute Gasteiger partial charge is 0.283 e. The average molecular weight is 297 g/mol. The van der Waals surface area contributed by atoms with Crippen LogP contribution in [0, 0.1) is 11.6 Å². The van der Waals surface area contributed by atoms with Gasteiger partial charge in [0, 0.05) is 24.1 Å². The van der Waals surface area contributed by atoms with Gasteiger partial charge in [-0.05, 0) is 26.0 Å². The third-order valence-corrected chi connectivity index (χ3v) is 3.68. The molecular formula is C13H13F2N3OS. The first-order chi connectivity index (χ1) is 9.40. The molecule has 0 unspecified atom stereocenters. The summed E-state index contributed by atoms with van der Waals surface area (Å²) < 4.78 is 28.9. The molecule has 0 atom stereocenters. The molecule has 0 spiro atoms. The van der Waals surface area contributed by atoms with Crippen molar-refractivity contribution in [2.75, 3.05) is 5.73 Å². The number of anilines is 1. The van der Waals surface area contributed by atoms with Gasteiger partial charge in [0.1, 0.15) is 11.6 Å². The standard InChI is InChI=1S/C13H13F2N3OS/c1-7(2)18-4-3-17-12(13(18)19)20-11-9(14)5-8(16)6-10(11)15/h3-7H,16H2,1-2H3. The Hall–Kier alpha value is -1.89. The normalized spacial score (nSPS) is 11.1. The molecule has 0 radical (unpaired) electrons. The summed E-state index contributed by atoms with van der Waals surface area (Å²) in [6.45, 7) is 3.67. The van der Waals surface area contributed by atoms with Crippen LogP contribution in [0.2, 0.25) is 0 Å². The Balaban J connectivity index is 2.46. The van der Waals surface area contributed by atoms with Crippen LogP contribution in [-0.2, 0) is 0 Å². The predicted octanol–water partition coefficient (Wildman–Crippen LogP) is 2.84. The SMILES string of the molecule is CC(C)n1ccnc(Sc2c(F)cc(N)cc2F)c1=O. The number of hydrogen-bond donors (Lipinski definition) is 1. The molecule has 0 fully saturated rings. The van der Waals surface area contributed by atoms with E-state index in [0.29, 0.717) is 11.8 Å². The second kappa shape index (κ2) is 5.62. The molecule has 0 aliphatic rings. The summed E-state index contributed by atoms with van der Waals surface area (Å²) in [5.74, 6) is -1.62. The fourth-order valence-electron chi connectivity index (χ4n) is 1.66. The molecule has 0 aliphatic heterocycles. The highest BCUT2D eigenvalue weighted by Gasteiger charge is 2.16. The molecular weight excluding hydrogens is 284 g/mol. The number of rotatable bonds is 3. The van der Waals surface area contributed by atoms with Crippen molar-refractivity contribution in [3.63, 3.8) is 0 Å². The van der Waals surface area contributed by atoms with Gasteiger partial charge in [-0.3, -0.25) is 4.79 Å². The molecule has 2 aromatic rings. The Morgan fingerprint density at radius 2 is 1.90 bits per heavy atom. The lowest BCUT2D eigenvalue weighted by molar-refractivity contribution is 0.540. The van der Waals surface area contributed by atoms with E-state index >= 15 is 0 Å². The van der Waals surface area contributed by atoms with E-state index in [0.717, 1.165) is 12.1 Å². The van der Waals surface area contributed by atoms with Gasteiger partial charge >= 0.3 is 0 Å². The average Bonchev–Trinajstić information content (AvgIpc) is 2.35. The van der Waals surface area contributed by atoms with Crippen LogP contribution in [0.25, 0.3) is 0 Å². The molecule has 0 saturated heterocycles. The minimum Gasteiger partial charge on any atom is -0.399 e. The molecule has 1 heterocycles. The van der Waals surface area contributed by atoms with E-state index in [1.807, 2.05) is 13.8 Å². The monoisotopic (exact) mass is 297 g/mol. The molecule has 0 saturated carbocycles. The topological polar surface area (TPSA) is 60.9 Å². The number of nitrogens with two attached hydrogens (primary N) is 1. The van der Waals surface area contributed by atoms with Gasteiger partial charge in [-0.1, -0.05) is 11.8 Å². The minimum absolute atomic E-state index is 0.00929. The fraction of sp³-hybridized carbons (Fsp3) is 0.231. The molecule has 106 valence electrons. The van der Waals surface area contributed by atoms with Gasteiger partial charge < -0.3 is 10.3 Å². The molecule has 4 nitrogen and oxygen atoms in total. The molecule has 2 rings (SSSR count). The van der Waals surface area contributed by atoms with E-state index < -0.39 is 11.6 Å². The summed E-state index contributed by atoms with van der Waals surface area (Å²) in [5.41, 5.74) is 4.95. The molecule has 20 heavy (non-hydrogen) atoms. The van der Waals surface area contributed by atoms with Crippen molar-refractivity contribution in [2.24, 2.45) is 0 Å². The van der Waals surface area contributed by atoms with Crippen molar-refractivity contribution in [3.05, 3.63) is 46.5 Å². The van der Waals surface area contributed by atoms with Gasteiger partial charge in [0.15, 0.2) is 5.03 Å². The number of hydrogen-bond acceptors (Lipinski definition) is 4. The van der Waals surface area contributed by atoms with E-state index in [9.17, 15) is 13.6 Å². The highest BCUT2D eigenvalue weighted by Crippen LogP contribution is 2.30. The molecule has 1 aromatic carbocycles. The second-order valence-electron chi connectivity index (χ2n) is 4.45. The zero-order valence-electron chi connectivity index (χ0n) is 10.9. The fourth-order valence-corrected chi connectivity index (χ4v) is 2.47. The van der Waals surface area contributed by atoms with Gasteiger partial charge in [0.05, 0.1) is 4.90 Å². The maximum absolute atomic E-state index is 13.7. The molecule has 0 amide bonds. The molecule has 2 N–H and O–H groups in total. The lowest BCUT2D eigenvalue weighted by Crippen LogP contribution is -2.23. The van der Waals surface area contributed by atoms with Crippen LogP contribution in [0.15, 0.2) is 39.2 Å². The second-order valence-corrected chi connectivity index (χ2v) is 5.45. The van der Waals surface area contributed by atoms with Crippen LogP contribution in [0.5, 0.6) is 0 Å². The maximum Gasteiger partial charge on any atom is 0.283 e. The number of nitrogen functional groups attached to an aromatic ring is 1. The Morgan fingerprint density at radius 1 is 1.30 bits per heavy atom. The first kappa shape index (κ1) is 14.5. The highest BCUT2D eigenvalue weighted by atomic mass is 32.2. The third-order valence-electron chi connectivity index (χ3n) is 2.61. The van der Waals surface area contributed by atoms with Crippen LogP contribution in [0.1, 0.15) is 19.9 Å². The Kier molecular flexibility index (Phi) is 4.08. The number of aromatic nitrogens is 2. The number of benzene rings is 1. The molecule has 0 aliphatic carbocycles. The highest BCUT2D eigenvalue weighted by molar-refractivity contribution is 7.99. The first-order valence-electron chi connectivity index (χ1n) is 5.89. The van der Waals surface area contributed by atoms with Crippen molar-refractivity contribution >= 4 is 17.4 Å². The van der Waals surface area contributed by atoms with Gasteiger partial charge in [-0.25, -0.2) is 13.8 Å². The van der Waals surface area contributed by atoms with Crippen LogP contribution in [-0.4, -0.2) is 9.55 Å². The van der Waals surface area contributed by atoms with E-state index in [-0.39, 0.29) is 27.2 Å². The summed E-state index contributed by atoms with van der Waals surface area (Å²) in [6.07, 6.45) is 2.96. The zero-order valence-corrected chi connectivity index (χ0v) is 11.7. The van der Waals surface area contributed by atoms with Crippen molar-refractivity contribution < 1.29 is 8.78 Å².